The van der Waals surface area contributed by atoms with E-state index in [1.54, 1.807) is 12.1 Å². The molecule has 1 saturated heterocycles. The molecule has 1 unspecified atom stereocenters. The Hall–Kier alpha value is -1.65. The minimum atomic E-state index is -0.132. The SMILES string of the molecule is Cc1cc(Cl)ccc1C(=O)C1CCCN(C(=O)c2cccs2)C1. The number of carbonyl (C=O) groups is 2. The standard InChI is InChI=1S/C18H18ClNO2S/c1-12-10-14(19)6-7-15(12)17(21)13-4-2-8-20(11-13)18(22)16-5-3-9-23-16/h3,5-7,9-10,13H,2,4,8,11H2,1H3. The average Bonchev–Trinajstić information content (AvgIpc) is 3.08. The van der Waals surface area contributed by atoms with Crippen molar-refractivity contribution in [2.45, 2.75) is 19.8 Å². The summed E-state index contributed by atoms with van der Waals surface area (Å²) in [5, 5.41) is 2.54. The lowest BCUT2D eigenvalue weighted by atomic mass is 9.88. The number of nitrogens with zero attached hydrogens (tertiary/aromatic N) is 1. The number of hydrogen-bond donors (Lipinski definition) is 0. The second kappa shape index (κ2) is 6.85. The summed E-state index contributed by atoms with van der Waals surface area (Å²) in [6, 6.07) is 9.06. The van der Waals surface area contributed by atoms with Crippen LogP contribution < -0.4 is 0 Å². The van der Waals surface area contributed by atoms with Crippen LogP contribution in [0.5, 0.6) is 0 Å². The summed E-state index contributed by atoms with van der Waals surface area (Å²) >= 11 is 7.41. The van der Waals surface area contributed by atoms with Crippen LogP contribution >= 0.6 is 22.9 Å². The van der Waals surface area contributed by atoms with Crippen molar-refractivity contribution in [2.75, 3.05) is 13.1 Å². The predicted octanol–water partition coefficient (Wildman–Crippen LogP) is 4.45. The van der Waals surface area contributed by atoms with Crippen LogP contribution in [0.1, 0.15) is 38.4 Å². The lowest BCUT2D eigenvalue weighted by molar-refractivity contribution is 0.0641. The van der Waals surface area contributed by atoms with Crippen molar-refractivity contribution in [3.63, 3.8) is 0 Å². The molecule has 3 nitrogen and oxygen atoms in total. The van der Waals surface area contributed by atoms with E-state index in [2.05, 4.69) is 0 Å². The Morgan fingerprint density at radius 2 is 2.13 bits per heavy atom. The quantitative estimate of drug-likeness (QED) is 0.769. The fraction of sp³-hybridized carbons (Fsp3) is 0.333. The van der Waals surface area contributed by atoms with Gasteiger partial charge in [0.2, 0.25) is 0 Å². The van der Waals surface area contributed by atoms with E-state index in [0.29, 0.717) is 17.1 Å². The van der Waals surface area contributed by atoms with Crippen LogP contribution in [-0.4, -0.2) is 29.7 Å². The lowest BCUT2D eigenvalue weighted by Crippen LogP contribution is -2.42. The van der Waals surface area contributed by atoms with E-state index in [0.717, 1.165) is 29.8 Å². The molecule has 5 heteroatoms. The topological polar surface area (TPSA) is 37.4 Å². The first-order valence-corrected chi connectivity index (χ1v) is 8.95. The molecule has 0 bridgehead atoms. The fourth-order valence-corrected chi connectivity index (χ4v) is 3.97. The third-order valence-corrected chi connectivity index (χ3v) is 5.36. The lowest BCUT2D eigenvalue weighted by Gasteiger charge is -2.32. The van der Waals surface area contributed by atoms with Crippen LogP contribution in [0.4, 0.5) is 0 Å². The van der Waals surface area contributed by atoms with E-state index < -0.39 is 0 Å². The van der Waals surface area contributed by atoms with Crippen molar-refractivity contribution in [1.29, 1.82) is 0 Å². The molecule has 1 aromatic carbocycles. The summed E-state index contributed by atoms with van der Waals surface area (Å²) in [5.41, 5.74) is 1.61. The molecule has 1 aromatic heterocycles. The Balaban J connectivity index is 1.75. The smallest absolute Gasteiger partial charge is 0.263 e. The second-order valence-corrected chi connectivity index (χ2v) is 7.28. The molecule has 1 amide bonds. The molecule has 23 heavy (non-hydrogen) atoms. The van der Waals surface area contributed by atoms with Crippen molar-refractivity contribution in [2.24, 2.45) is 5.92 Å². The molecule has 0 spiro atoms. The molecular formula is C18H18ClNO2S. The zero-order valence-corrected chi connectivity index (χ0v) is 14.5. The van der Waals surface area contributed by atoms with Gasteiger partial charge in [-0.2, -0.15) is 0 Å². The normalized spacial score (nSPS) is 18.0. The van der Waals surface area contributed by atoms with E-state index in [1.807, 2.05) is 35.4 Å². The third-order valence-electron chi connectivity index (χ3n) is 4.27. The van der Waals surface area contributed by atoms with Gasteiger partial charge >= 0.3 is 0 Å². The van der Waals surface area contributed by atoms with E-state index in [-0.39, 0.29) is 17.6 Å². The second-order valence-electron chi connectivity index (χ2n) is 5.89. The van der Waals surface area contributed by atoms with Gasteiger partial charge < -0.3 is 4.90 Å². The van der Waals surface area contributed by atoms with Crippen molar-refractivity contribution >= 4 is 34.6 Å². The van der Waals surface area contributed by atoms with Gasteiger partial charge in [0.15, 0.2) is 5.78 Å². The first kappa shape index (κ1) is 16.2. The van der Waals surface area contributed by atoms with E-state index in [1.165, 1.54) is 11.3 Å². The number of halogens is 1. The van der Waals surface area contributed by atoms with Crippen molar-refractivity contribution < 1.29 is 9.59 Å². The Morgan fingerprint density at radius 1 is 1.30 bits per heavy atom. The molecule has 1 fully saturated rings. The molecule has 1 aliphatic heterocycles. The number of benzene rings is 1. The van der Waals surface area contributed by atoms with Crippen LogP contribution in [0.3, 0.4) is 0 Å². The van der Waals surface area contributed by atoms with Crippen LogP contribution in [0.15, 0.2) is 35.7 Å². The van der Waals surface area contributed by atoms with Crippen molar-refractivity contribution in [3.05, 3.63) is 56.7 Å². The Kier molecular flexibility index (Phi) is 4.83. The highest BCUT2D eigenvalue weighted by Gasteiger charge is 2.30. The molecule has 2 aromatic rings. The number of ketones is 1. The molecule has 1 aliphatic rings. The molecule has 0 aliphatic carbocycles. The number of carbonyl (C=O) groups excluding carboxylic acids is 2. The predicted molar refractivity (Wildman–Crippen MR) is 93.5 cm³/mol. The highest BCUT2D eigenvalue weighted by Crippen LogP contribution is 2.25. The third kappa shape index (κ3) is 3.48. The summed E-state index contributed by atoms with van der Waals surface area (Å²) in [4.78, 5) is 27.8. The molecule has 0 saturated carbocycles. The van der Waals surface area contributed by atoms with Gasteiger partial charge in [0, 0.05) is 29.6 Å². The van der Waals surface area contributed by atoms with Gasteiger partial charge in [-0.05, 0) is 55.0 Å². The van der Waals surface area contributed by atoms with Crippen molar-refractivity contribution in [1.82, 2.24) is 4.90 Å². The maximum Gasteiger partial charge on any atom is 0.263 e. The minimum absolute atomic E-state index is 0.0327. The number of piperidine rings is 1. The maximum absolute atomic E-state index is 12.8. The van der Waals surface area contributed by atoms with E-state index in [9.17, 15) is 9.59 Å². The summed E-state index contributed by atoms with van der Waals surface area (Å²) in [7, 11) is 0. The number of aryl methyl sites for hydroxylation is 1. The van der Waals surface area contributed by atoms with Gasteiger partial charge in [-0.15, -0.1) is 11.3 Å². The highest BCUT2D eigenvalue weighted by atomic mass is 35.5. The number of thiophene rings is 1. The average molecular weight is 348 g/mol. The molecule has 3 rings (SSSR count). The van der Waals surface area contributed by atoms with Gasteiger partial charge in [0.1, 0.15) is 0 Å². The zero-order chi connectivity index (χ0) is 16.4. The molecule has 0 radical (unpaired) electrons. The van der Waals surface area contributed by atoms with E-state index in [4.69, 9.17) is 11.6 Å². The monoisotopic (exact) mass is 347 g/mol. The number of rotatable bonds is 3. The summed E-state index contributed by atoms with van der Waals surface area (Å²) < 4.78 is 0. The Bertz CT molecular complexity index is 727. The first-order valence-electron chi connectivity index (χ1n) is 7.69. The molecule has 0 N–H and O–H groups in total. The van der Waals surface area contributed by atoms with Gasteiger partial charge in [-0.3, -0.25) is 9.59 Å². The van der Waals surface area contributed by atoms with Crippen LogP contribution in [0.2, 0.25) is 5.02 Å². The van der Waals surface area contributed by atoms with E-state index >= 15 is 0 Å². The Morgan fingerprint density at radius 3 is 2.83 bits per heavy atom. The fourth-order valence-electron chi connectivity index (χ4n) is 3.06. The maximum atomic E-state index is 12.8. The summed E-state index contributed by atoms with van der Waals surface area (Å²) in [6.45, 7) is 3.12. The number of likely N-dealkylation sites (tertiary alicyclic amines) is 1. The summed E-state index contributed by atoms with van der Waals surface area (Å²) in [6.07, 6.45) is 1.69. The molecule has 2 heterocycles. The molecule has 120 valence electrons. The van der Waals surface area contributed by atoms with Gasteiger partial charge in [-0.25, -0.2) is 0 Å². The molecule has 1 atom stereocenters. The molecular weight excluding hydrogens is 330 g/mol. The minimum Gasteiger partial charge on any atom is -0.337 e. The van der Waals surface area contributed by atoms with Crippen LogP contribution in [0.25, 0.3) is 0 Å². The zero-order valence-electron chi connectivity index (χ0n) is 12.9. The van der Waals surface area contributed by atoms with Crippen LogP contribution in [0, 0.1) is 12.8 Å². The Labute approximate surface area is 144 Å². The van der Waals surface area contributed by atoms with Gasteiger partial charge in [-0.1, -0.05) is 17.7 Å². The van der Waals surface area contributed by atoms with Crippen LogP contribution in [-0.2, 0) is 0 Å². The van der Waals surface area contributed by atoms with Crippen molar-refractivity contribution in [3.8, 4) is 0 Å². The number of amides is 1. The largest absolute Gasteiger partial charge is 0.337 e. The highest BCUT2D eigenvalue weighted by molar-refractivity contribution is 7.12. The van der Waals surface area contributed by atoms with Gasteiger partial charge in [0.25, 0.3) is 5.91 Å². The first-order chi connectivity index (χ1) is 11.1. The number of Topliss-reactive ketones (excluding diaryl/α,β-unsaturated/α-hetero) is 1. The summed E-state index contributed by atoms with van der Waals surface area (Å²) in [5.74, 6) is 0.0145. The van der Waals surface area contributed by atoms with Gasteiger partial charge in [0.05, 0.1) is 4.88 Å². The number of hydrogen-bond acceptors (Lipinski definition) is 3.